The summed E-state index contributed by atoms with van der Waals surface area (Å²) in [5, 5.41) is 5.65. The molecule has 0 aromatic heterocycles. The van der Waals surface area contributed by atoms with Gasteiger partial charge in [-0.2, -0.15) is 0 Å². The van der Waals surface area contributed by atoms with Crippen LogP contribution < -0.4 is 15.4 Å². The Hall–Kier alpha value is -2.04. The van der Waals surface area contributed by atoms with E-state index in [-0.39, 0.29) is 17.9 Å². The summed E-state index contributed by atoms with van der Waals surface area (Å²) >= 11 is 0. The summed E-state index contributed by atoms with van der Waals surface area (Å²) in [6.07, 6.45) is 1.50. The van der Waals surface area contributed by atoms with Crippen LogP contribution in [-0.4, -0.2) is 31.0 Å². The highest BCUT2D eigenvalue weighted by atomic mass is 16.5. The predicted molar refractivity (Wildman–Crippen MR) is 75.5 cm³/mol. The number of nitrogens with one attached hydrogen (secondary N) is 2. The minimum absolute atomic E-state index is 0.0404. The second-order valence-corrected chi connectivity index (χ2v) is 4.97. The number of hydrogen-bond donors (Lipinski definition) is 2. The first-order valence-corrected chi connectivity index (χ1v) is 6.89. The van der Waals surface area contributed by atoms with Gasteiger partial charge in [-0.05, 0) is 25.0 Å². The molecular formula is C15H20N2O3. The van der Waals surface area contributed by atoms with Crippen molar-refractivity contribution in [3.8, 4) is 5.75 Å². The lowest BCUT2D eigenvalue weighted by molar-refractivity contribution is -0.125. The van der Waals surface area contributed by atoms with Crippen molar-refractivity contribution in [2.24, 2.45) is 0 Å². The van der Waals surface area contributed by atoms with Gasteiger partial charge in [0.1, 0.15) is 5.75 Å². The third-order valence-corrected chi connectivity index (χ3v) is 3.31. The van der Waals surface area contributed by atoms with Gasteiger partial charge >= 0.3 is 0 Å². The Balaban J connectivity index is 1.68. The molecule has 1 aromatic carbocycles. The fourth-order valence-electron chi connectivity index (χ4n) is 2.13. The Labute approximate surface area is 118 Å². The minimum atomic E-state index is -0.0419. The van der Waals surface area contributed by atoms with E-state index in [9.17, 15) is 9.59 Å². The lowest BCUT2D eigenvalue weighted by atomic mass is 10.1. The van der Waals surface area contributed by atoms with Crippen LogP contribution >= 0.6 is 0 Å². The molecule has 0 saturated carbocycles. The Bertz CT molecular complexity index is 478. The summed E-state index contributed by atoms with van der Waals surface area (Å²) in [4.78, 5) is 22.8. The average Bonchev–Trinajstić information content (AvgIpc) is 2.43. The molecule has 1 unspecified atom stereocenters. The van der Waals surface area contributed by atoms with E-state index >= 15 is 0 Å². The van der Waals surface area contributed by atoms with Crippen LogP contribution in [0.5, 0.6) is 5.75 Å². The van der Waals surface area contributed by atoms with Crippen LogP contribution in [0.25, 0.3) is 0 Å². The van der Waals surface area contributed by atoms with E-state index in [0.717, 1.165) is 11.3 Å². The van der Waals surface area contributed by atoms with Crippen molar-refractivity contribution in [2.75, 3.05) is 13.2 Å². The molecule has 2 amide bonds. The smallest absolute Gasteiger partial charge is 0.223 e. The van der Waals surface area contributed by atoms with Crippen molar-refractivity contribution >= 4 is 11.8 Å². The van der Waals surface area contributed by atoms with Crippen LogP contribution in [-0.2, 0) is 9.59 Å². The van der Waals surface area contributed by atoms with E-state index in [1.165, 1.54) is 0 Å². The number of piperidine rings is 1. The number of benzene rings is 1. The maximum atomic E-state index is 11.8. The molecule has 1 heterocycles. The molecule has 0 bridgehead atoms. The Morgan fingerprint density at radius 2 is 2.25 bits per heavy atom. The van der Waals surface area contributed by atoms with Crippen LogP contribution in [0.2, 0.25) is 0 Å². The van der Waals surface area contributed by atoms with Crippen molar-refractivity contribution in [3.05, 3.63) is 29.8 Å². The summed E-state index contributed by atoms with van der Waals surface area (Å²) in [6, 6.07) is 7.77. The summed E-state index contributed by atoms with van der Waals surface area (Å²) < 4.78 is 5.58. The molecule has 0 radical (unpaired) electrons. The number of para-hydroxylation sites is 1. The number of amides is 2. The largest absolute Gasteiger partial charge is 0.493 e. The van der Waals surface area contributed by atoms with Crippen LogP contribution in [0.4, 0.5) is 0 Å². The molecule has 2 rings (SSSR count). The highest BCUT2D eigenvalue weighted by molar-refractivity contribution is 5.79. The Morgan fingerprint density at radius 1 is 1.45 bits per heavy atom. The fraction of sp³-hybridized carbons (Fsp3) is 0.467. The molecule has 5 nitrogen and oxygen atoms in total. The summed E-state index contributed by atoms with van der Waals surface area (Å²) in [7, 11) is 0. The van der Waals surface area contributed by atoms with Crippen LogP contribution in [0.15, 0.2) is 24.3 Å². The van der Waals surface area contributed by atoms with E-state index in [4.69, 9.17) is 4.74 Å². The van der Waals surface area contributed by atoms with Gasteiger partial charge in [-0.15, -0.1) is 0 Å². The van der Waals surface area contributed by atoms with Crippen LogP contribution in [0, 0.1) is 6.92 Å². The van der Waals surface area contributed by atoms with Gasteiger partial charge in [-0.25, -0.2) is 0 Å². The lowest BCUT2D eigenvalue weighted by Crippen LogP contribution is -2.47. The van der Waals surface area contributed by atoms with Gasteiger partial charge in [0.05, 0.1) is 13.0 Å². The van der Waals surface area contributed by atoms with E-state index in [1.54, 1.807) is 0 Å². The zero-order chi connectivity index (χ0) is 14.4. The van der Waals surface area contributed by atoms with Crippen molar-refractivity contribution < 1.29 is 14.3 Å². The molecule has 0 spiro atoms. The molecule has 5 heteroatoms. The molecule has 0 aliphatic carbocycles. The highest BCUT2D eigenvalue weighted by Gasteiger charge is 2.19. The highest BCUT2D eigenvalue weighted by Crippen LogP contribution is 2.16. The van der Waals surface area contributed by atoms with Crippen LogP contribution in [0.1, 0.15) is 24.8 Å². The summed E-state index contributed by atoms with van der Waals surface area (Å²) in [6.45, 7) is 2.85. The first-order valence-electron chi connectivity index (χ1n) is 6.89. The fourth-order valence-corrected chi connectivity index (χ4v) is 2.13. The van der Waals surface area contributed by atoms with Crippen LogP contribution in [0.3, 0.4) is 0 Å². The molecule has 2 N–H and O–H groups in total. The molecule has 108 valence electrons. The third-order valence-electron chi connectivity index (χ3n) is 3.31. The monoisotopic (exact) mass is 276 g/mol. The maximum Gasteiger partial charge on any atom is 0.223 e. The second kappa shape index (κ2) is 6.93. The van der Waals surface area contributed by atoms with Crippen molar-refractivity contribution in [2.45, 2.75) is 32.2 Å². The number of hydrogen-bond acceptors (Lipinski definition) is 3. The molecule has 1 fully saturated rings. The summed E-state index contributed by atoms with van der Waals surface area (Å²) in [5.74, 6) is 0.823. The molecule has 1 aliphatic heterocycles. The van der Waals surface area contributed by atoms with Gasteiger partial charge in [-0.1, -0.05) is 18.2 Å². The van der Waals surface area contributed by atoms with Gasteiger partial charge in [0.2, 0.25) is 11.8 Å². The van der Waals surface area contributed by atoms with Gasteiger partial charge in [0.25, 0.3) is 0 Å². The number of carbonyl (C=O) groups excluding carboxylic acids is 2. The summed E-state index contributed by atoms with van der Waals surface area (Å²) in [5.41, 5.74) is 1.06. The molecule has 1 aliphatic rings. The zero-order valence-corrected chi connectivity index (χ0v) is 11.6. The topological polar surface area (TPSA) is 67.4 Å². The molecule has 1 saturated heterocycles. The molecule has 1 aromatic rings. The van der Waals surface area contributed by atoms with E-state index in [1.807, 2.05) is 31.2 Å². The number of ether oxygens (including phenoxy) is 1. The first kappa shape index (κ1) is 14.4. The van der Waals surface area contributed by atoms with Crippen molar-refractivity contribution in [3.63, 3.8) is 0 Å². The van der Waals surface area contributed by atoms with E-state index in [0.29, 0.717) is 32.4 Å². The molecular weight excluding hydrogens is 256 g/mol. The van der Waals surface area contributed by atoms with Crippen molar-refractivity contribution in [1.82, 2.24) is 10.6 Å². The second-order valence-electron chi connectivity index (χ2n) is 4.97. The first-order chi connectivity index (χ1) is 9.65. The number of carbonyl (C=O) groups is 2. The molecule has 20 heavy (non-hydrogen) atoms. The average molecular weight is 276 g/mol. The lowest BCUT2D eigenvalue weighted by Gasteiger charge is -2.23. The third kappa shape index (κ3) is 4.26. The quantitative estimate of drug-likeness (QED) is 0.848. The Morgan fingerprint density at radius 3 is 2.95 bits per heavy atom. The molecule has 1 atom stereocenters. The van der Waals surface area contributed by atoms with E-state index < -0.39 is 0 Å². The van der Waals surface area contributed by atoms with E-state index in [2.05, 4.69) is 10.6 Å². The van der Waals surface area contributed by atoms with Gasteiger partial charge in [0, 0.05) is 19.0 Å². The predicted octanol–water partition coefficient (Wildman–Crippen LogP) is 1.16. The van der Waals surface area contributed by atoms with Gasteiger partial charge in [0.15, 0.2) is 0 Å². The Kier molecular flexibility index (Phi) is 4.98. The number of rotatable bonds is 5. The number of aryl methyl sites for hydroxylation is 1. The maximum absolute atomic E-state index is 11.8. The van der Waals surface area contributed by atoms with Gasteiger partial charge < -0.3 is 15.4 Å². The standard InChI is InChI=1S/C15H20N2O3/c1-11-4-2-3-5-13(11)20-9-8-15(19)17-12-6-7-14(18)16-10-12/h2-5,12H,6-10H2,1H3,(H,16,18)(H,17,19). The zero-order valence-electron chi connectivity index (χ0n) is 11.6. The van der Waals surface area contributed by atoms with Crippen molar-refractivity contribution in [1.29, 1.82) is 0 Å². The minimum Gasteiger partial charge on any atom is -0.493 e. The van der Waals surface area contributed by atoms with Gasteiger partial charge in [-0.3, -0.25) is 9.59 Å². The normalized spacial score (nSPS) is 18.2. The SMILES string of the molecule is Cc1ccccc1OCCC(=O)NC1CCC(=O)NC1.